The minimum Gasteiger partial charge on any atom is -0.388 e. The fourth-order valence-electron chi connectivity index (χ4n) is 1.23. The Hall–Kier alpha value is -0.253. The average Bonchev–Trinajstić information content (AvgIpc) is 2.17. The first-order chi connectivity index (χ1) is 6.64. The van der Waals surface area contributed by atoms with E-state index in [4.69, 9.17) is 4.74 Å². The summed E-state index contributed by atoms with van der Waals surface area (Å²) in [6.45, 7) is 4.74. The lowest BCUT2D eigenvalue weighted by molar-refractivity contribution is 0.246. The van der Waals surface area contributed by atoms with Crippen LogP contribution in [0.5, 0.6) is 0 Å². The molecular formula is C11H18OSSi. The monoisotopic (exact) mass is 226 g/mol. The van der Waals surface area contributed by atoms with Gasteiger partial charge >= 0.3 is 0 Å². The van der Waals surface area contributed by atoms with Gasteiger partial charge in [-0.05, 0) is 17.5 Å². The number of ether oxygens (including phenoxy) is 1. The standard InChI is InChI=1S/C11H18OSSi/c1-12-9-14(2,3)10-13-11-7-5-4-6-8-11/h4-8H,9-10H2,1-3H3. The van der Waals surface area contributed by atoms with E-state index in [1.54, 1.807) is 7.11 Å². The van der Waals surface area contributed by atoms with Crippen LogP contribution in [-0.2, 0) is 4.74 Å². The minimum atomic E-state index is -1.15. The number of hydrogen-bond donors (Lipinski definition) is 0. The topological polar surface area (TPSA) is 9.23 Å². The molecule has 1 rings (SSSR count). The SMILES string of the molecule is COC[Si](C)(C)CSc1ccccc1. The van der Waals surface area contributed by atoms with E-state index in [2.05, 4.69) is 43.4 Å². The Morgan fingerprint density at radius 2 is 1.86 bits per heavy atom. The van der Waals surface area contributed by atoms with E-state index in [0.717, 1.165) is 6.23 Å². The van der Waals surface area contributed by atoms with Gasteiger partial charge in [-0.1, -0.05) is 31.3 Å². The van der Waals surface area contributed by atoms with Gasteiger partial charge in [0.2, 0.25) is 0 Å². The molecule has 0 spiro atoms. The van der Waals surface area contributed by atoms with Crippen molar-refractivity contribution in [1.29, 1.82) is 0 Å². The lowest BCUT2D eigenvalue weighted by atomic mass is 10.4. The summed E-state index contributed by atoms with van der Waals surface area (Å²) in [4.78, 5) is 1.36. The van der Waals surface area contributed by atoms with Gasteiger partial charge < -0.3 is 4.74 Å². The molecule has 0 aliphatic carbocycles. The molecule has 3 heteroatoms. The molecule has 0 heterocycles. The van der Waals surface area contributed by atoms with Gasteiger partial charge in [-0.2, -0.15) is 0 Å². The summed E-state index contributed by atoms with van der Waals surface area (Å²) >= 11 is 1.95. The summed E-state index contributed by atoms with van der Waals surface area (Å²) in [5, 5.41) is 1.23. The molecule has 0 N–H and O–H groups in total. The van der Waals surface area contributed by atoms with Crippen LogP contribution in [0.1, 0.15) is 0 Å². The fourth-order valence-corrected chi connectivity index (χ4v) is 4.92. The molecule has 0 radical (unpaired) electrons. The zero-order chi connectivity index (χ0) is 10.4. The van der Waals surface area contributed by atoms with E-state index in [-0.39, 0.29) is 0 Å². The molecule has 0 saturated heterocycles. The molecule has 0 aliphatic rings. The highest BCUT2D eigenvalue weighted by Crippen LogP contribution is 2.21. The van der Waals surface area contributed by atoms with Crippen molar-refractivity contribution in [1.82, 2.24) is 0 Å². The Morgan fingerprint density at radius 1 is 1.21 bits per heavy atom. The van der Waals surface area contributed by atoms with Crippen LogP contribution in [-0.4, -0.2) is 26.8 Å². The van der Waals surface area contributed by atoms with Crippen LogP contribution in [0.2, 0.25) is 13.1 Å². The van der Waals surface area contributed by atoms with Gasteiger partial charge in [-0.3, -0.25) is 0 Å². The molecule has 0 fully saturated rings. The molecule has 0 atom stereocenters. The van der Waals surface area contributed by atoms with Crippen LogP contribution in [0.4, 0.5) is 0 Å². The number of methoxy groups -OCH3 is 1. The third kappa shape index (κ3) is 4.31. The van der Waals surface area contributed by atoms with Crippen molar-refractivity contribution in [3.05, 3.63) is 30.3 Å². The van der Waals surface area contributed by atoms with Gasteiger partial charge in [0.05, 0.1) is 8.07 Å². The lowest BCUT2D eigenvalue weighted by Gasteiger charge is -2.20. The first kappa shape index (κ1) is 11.8. The second-order valence-corrected chi connectivity index (χ2v) is 10.7. The number of thioether (sulfide) groups is 1. The second-order valence-electron chi connectivity index (χ2n) is 4.20. The zero-order valence-corrected chi connectivity index (χ0v) is 10.9. The van der Waals surface area contributed by atoms with Crippen LogP contribution in [0.3, 0.4) is 0 Å². The summed E-state index contributed by atoms with van der Waals surface area (Å²) in [7, 11) is 0.648. The molecule has 1 nitrogen and oxygen atoms in total. The van der Waals surface area contributed by atoms with Crippen LogP contribution < -0.4 is 0 Å². The molecule has 1 aromatic rings. The first-order valence-corrected chi connectivity index (χ1v) is 9.21. The zero-order valence-electron chi connectivity index (χ0n) is 9.12. The molecule has 78 valence electrons. The molecule has 0 unspecified atom stereocenters. The molecule has 0 aromatic heterocycles. The second kappa shape index (κ2) is 5.58. The van der Waals surface area contributed by atoms with Crippen LogP contribution in [0, 0.1) is 0 Å². The number of rotatable bonds is 5. The summed E-state index contributed by atoms with van der Waals surface area (Å²) < 4.78 is 5.24. The smallest absolute Gasteiger partial charge is 0.0878 e. The highest BCUT2D eigenvalue weighted by Gasteiger charge is 2.20. The molecule has 0 aliphatic heterocycles. The molecule has 0 bridgehead atoms. The van der Waals surface area contributed by atoms with Crippen LogP contribution >= 0.6 is 11.8 Å². The van der Waals surface area contributed by atoms with Gasteiger partial charge in [-0.15, -0.1) is 11.8 Å². The Balaban J connectivity index is 2.40. The number of benzene rings is 1. The van der Waals surface area contributed by atoms with Crippen molar-refractivity contribution < 1.29 is 4.74 Å². The van der Waals surface area contributed by atoms with E-state index in [9.17, 15) is 0 Å². The maximum absolute atomic E-state index is 5.24. The Labute approximate surface area is 91.9 Å². The molecule has 14 heavy (non-hydrogen) atoms. The predicted molar refractivity (Wildman–Crippen MR) is 66.5 cm³/mol. The highest BCUT2D eigenvalue weighted by atomic mass is 32.2. The van der Waals surface area contributed by atoms with Gasteiger partial charge in [0.15, 0.2) is 0 Å². The third-order valence-corrected chi connectivity index (χ3v) is 7.29. The van der Waals surface area contributed by atoms with Crippen molar-refractivity contribution in [2.45, 2.75) is 18.0 Å². The Kier molecular flexibility index (Phi) is 4.71. The van der Waals surface area contributed by atoms with E-state index in [1.807, 2.05) is 11.8 Å². The van der Waals surface area contributed by atoms with Crippen molar-refractivity contribution in [2.24, 2.45) is 0 Å². The minimum absolute atomic E-state index is 0.951. The summed E-state index contributed by atoms with van der Waals surface area (Å²) in [6, 6.07) is 10.6. The predicted octanol–water partition coefficient (Wildman–Crippen LogP) is 3.21. The fraction of sp³-hybridized carbons (Fsp3) is 0.455. The van der Waals surface area contributed by atoms with Gasteiger partial charge in [0, 0.05) is 18.2 Å². The largest absolute Gasteiger partial charge is 0.388 e. The maximum atomic E-state index is 5.24. The lowest BCUT2D eigenvalue weighted by Crippen LogP contribution is -2.35. The number of hydrogen-bond acceptors (Lipinski definition) is 2. The van der Waals surface area contributed by atoms with Crippen molar-refractivity contribution in [2.75, 3.05) is 18.7 Å². The van der Waals surface area contributed by atoms with Crippen molar-refractivity contribution in [3.63, 3.8) is 0 Å². The average molecular weight is 226 g/mol. The highest BCUT2D eigenvalue weighted by molar-refractivity contribution is 8.01. The molecular weight excluding hydrogens is 208 g/mol. The van der Waals surface area contributed by atoms with Gasteiger partial charge in [-0.25, -0.2) is 0 Å². The van der Waals surface area contributed by atoms with E-state index in [1.165, 1.54) is 10.3 Å². The van der Waals surface area contributed by atoms with E-state index >= 15 is 0 Å². The Bertz CT molecular complexity index is 261. The molecule has 0 saturated carbocycles. The van der Waals surface area contributed by atoms with Crippen molar-refractivity contribution in [3.8, 4) is 0 Å². The quantitative estimate of drug-likeness (QED) is 0.563. The maximum Gasteiger partial charge on any atom is 0.0878 e. The Morgan fingerprint density at radius 3 is 2.43 bits per heavy atom. The van der Waals surface area contributed by atoms with E-state index in [0.29, 0.717) is 0 Å². The summed E-state index contributed by atoms with van der Waals surface area (Å²) in [5.41, 5.74) is 0. The first-order valence-electron chi connectivity index (χ1n) is 4.81. The van der Waals surface area contributed by atoms with Crippen LogP contribution in [0.15, 0.2) is 35.2 Å². The van der Waals surface area contributed by atoms with E-state index < -0.39 is 8.07 Å². The normalized spacial score (nSPS) is 11.6. The summed E-state index contributed by atoms with van der Waals surface area (Å²) in [6.07, 6.45) is 0.951. The molecule has 0 amide bonds. The van der Waals surface area contributed by atoms with Crippen LogP contribution in [0.25, 0.3) is 0 Å². The van der Waals surface area contributed by atoms with Crippen molar-refractivity contribution >= 4 is 19.8 Å². The van der Waals surface area contributed by atoms with Gasteiger partial charge in [0.1, 0.15) is 0 Å². The third-order valence-electron chi connectivity index (χ3n) is 1.91. The molecule has 1 aromatic carbocycles. The summed E-state index contributed by atoms with van der Waals surface area (Å²) in [5.74, 6) is 0. The van der Waals surface area contributed by atoms with Gasteiger partial charge in [0.25, 0.3) is 0 Å².